The summed E-state index contributed by atoms with van der Waals surface area (Å²) >= 11 is 0. The van der Waals surface area contributed by atoms with E-state index in [2.05, 4.69) is 10.6 Å². The van der Waals surface area contributed by atoms with Gasteiger partial charge >= 0.3 is 6.09 Å². The van der Waals surface area contributed by atoms with Crippen LogP contribution in [0.2, 0.25) is 0 Å². The van der Waals surface area contributed by atoms with Crippen molar-refractivity contribution in [1.29, 1.82) is 0 Å². The number of rotatable bonds is 8. The lowest BCUT2D eigenvalue weighted by atomic mass is 9.88. The van der Waals surface area contributed by atoms with E-state index in [1.807, 2.05) is 0 Å². The van der Waals surface area contributed by atoms with Gasteiger partial charge in [0.2, 0.25) is 11.8 Å². The highest BCUT2D eigenvalue weighted by Crippen LogP contribution is 2.25. The molecule has 1 saturated heterocycles. The van der Waals surface area contributed by atoms with Crippen LogP contribution >= 0.6 is 0 Å². The molecule has 1 fully saturated rings. The van der Waals surface area contributed by atoms with Crippen LogP contribution in [0.15, 0.2) is 53.4 Å². The monoisotopic (exact) mass is 545 g/mol. The molecule has 11 heteroatoms. The average molecular weight is 546 g/mol. The topological polar surface area (TPSA) is 154 Å². The van der Waals surface area contributed by atoms with Gasteiger partial charge in [-0.2, -0.15) is 0 Å². The van der Waals surface area contributed by atoms with Crippen LogP contribution in [0.4, 0.5) is 4.79 Å². The number of hydrogen-bond acceptors (Lipinski definition) is 7. The lowest BCUT2D eigenvalue weighted by Gasteiger charge is -2.37. The Hall–Kier alpha value is -3.44. The largest absolute Gasteiger partial charge is 0.444 e. The van der Waals surface area contributed by atoms with E-state index in [1.54, 1.807) is 63.2 Å². The maximum atomic E-state index is 13.4. The number of nitrogens with two attached hydrogens (primary N) is 1. The van der Waals surface area contributed by atoms with Gasteiger partial charge in [0.1, 0.15) is 17.2 Å². The van der Waals surface area contributed by atoms with Crippen LogP contribution in [0, 0.1) is 0 Å². The molecular formula is C27H35N3O7S. The van der Waals surface area contributed by atoms with Crippen molar-refractivity contribution < 1.29 is 32.3 Å². The van der Waals surface area contributed by atoms with E-state index in [-0.39, 0.29) is 37.4 Å². The molecule has 1 aliphatic heterocycles. The Morgan fingerprint density at radius 3 is 2.24 bits per heavy atom. The van der Waals surface area contributed by atoms with Crippen LogP contribution < -0.4 is 16.4 Å². The number of sulfone groups is 1. The standard InChI is InChI=1S/C27H35N3O7S/c1-26(2,3)37-25(33)30-27(12-14-36-15-13-27)24(32)29-22(23(28)31)16-18-8-10-19(11-9-18)20-6-5-7-21(17-20)38(4,34)35/h5-11,17,22H,12-16H2,1-4H3,(H2,28,31)(H,29,32)(H,30,33). The van der Waals surface area contributed by atoms with E-state index in [0.717, 1.165) is 22.9 Å². The molecule has 1 heterocycles. The number of nitrogens with one attached hydrogen (secondary N) is 2. The molecule has 1 atom stereocenters. The fraction of sp³-hybridized carbons (Fsp3) is 0.444. The third-order valence-corrected chi connectivity index (χ3v) is 7.27. The molecular weight excluding hydrogens is 510 g/mol. The lowest BCUT2D eigenvalue weighted by molar-refractivity contribution is -0.135. The molecule has 2 aromatic rings. The summed E-state index contributed by atoms with van der Waals surface area (Å²) in [5.41, 5.74) is 5.83. The van der Waals surface area contributed by atoms with Gasteiger partial charge in [-0.25, -0.2) is 13.2 Å². The first-order valence-corrected chi connectivity index (χ1v) is 14.2. The third kappa shape index (κ3) is 7.78. The van der Waals surface area contributed by atoms with E-state index in [9.17, 15) is 22.8 Å². The van der Waals surface area contributed by atoms with E-state index in [0.29, 0.717) is 0 Å². The second-order valence-electron chi connectivity index (χ2n) is 10.5. The Morgan fingerprint density at radius 2 is 1.68 bits per heavy atom. The molecule has 0 aliphatic carbocycles. The van der Waals surface area contributed by atoms with E-state index < -0.39 is 44.9 Å². The molecule has 0 bridgehead atoms. The lowest BCUT2D eigenvalue weighted by Crippen LogP contribution is -2.64. The first kappa shape index (κ1) is 29.1. The first-order chi connectivity index (χ1) is 17.7. The summed E-state index contributed by atoms with van der Waals surface area (Å²) in [5.74, 6) is -1.26. The molecule has 0 aromatic heterocycles. The zero-order valence-corrected chi connectivity index (χ0v) is 22.9. The van der Waals surface area contributed by atoms with Crippen LogP contribution in [0.1, 0.15) is 39.2 Å². The molecule has 206 valence electrons. The van der Waals surface area contributed by atoms with Crippen LogP contribution in [0.5, 0.6) is 0 Å². The van der Waals surface area contributed by atoms with Crippen LogP contribution in [-0.2, 0) is 35.3 Å². The van der Waals surface area contributed by atoms with Crippen LogP contribution in [-0.4, -0.2) is 63.0 Å². The number of amides is 3. The Balaban J connectivity index is 1.75. The summed E-state index contributed by atoms with van der Waals surface area (Å²) < 4.78 is 34.5. The van der Waals surface area contributed by atoms with Gasteiger partial charge in [-0.1, -0.05) is 36.4 Å². The molecule has 0 spiro atoms. The molecule has 1 aliphatic rings. The van der Waals surface area contributed by atoms with Crippen molar-refractivity contribution in [3.05, 3.63) is 54.1 Å². The van der Waals surface area contributed by atoms with Crippen LogP contribution in [0.25, 0.3) is 11.1 Å². The van der Waals surface area contributed by atoms with Crippen molar-refractivity contribution in [1.82, 2.24) is 10.6 Å². The SMILES string of the molecule is CC(C)(C)OC(=O)NC1(C(=O)NC(Cc2ccc(-c3cccc(S(C)(=O)=O)c3)cc2)C(N)=O)CCOCC1. The number of benzene rings is 2. The first-order valence-electron chi connectivity index (χ1n) is 12.3. The number of ether oxygens (including phenoxy) is 2. The predicted octanol–water partition coefficient (Wildman–Crippen LogP) is 2.34. The molecule has 3 amide bonds. The van der Waals surface area contributed by atoms with Crippen molar-refractivity contribution in [2.45, 2.75) is 62.1 Å². The minimum Gasteiger partial charge on any atom is -0.444 e. The Morgan fingerprint density at radius 1 is 1.05 bits per heavy atom. The summed E-state index contributed by atoms with van der Waals surface area (Å²) in [6.07, 6.45) is 0.973. The highest BCUT2D eigenvalue weighted by atomic mass is 32.2. The number of carbonyl (C=O) groups excluding carboxylic acids is 3. The quantitative estimate of drug-likeness (QED) is 0.460. The van der Waals surface area contributed by atoms with Crippen molar-refractivity contribution in [3.8, 4) is 11.1 Å². The van der Waals surface area contributed by atoms with E-state index in [4.69, 9.17) is 15.2 Å². The highest BCUT2D eigenvalue weighted by molar-refractivity contribution is 7.90. The Bertz CT molecular complexity index is 1280. The fourth-order valence-corrected chi connectivity index (χ4v) is 4.79. The molecule has 2 aromatic carbocycles. The summed E-state index contributed by atoms with van der Waals surface area (Å²) in [7, 11) is -3.34. The molecule has 10 nitrogen and oxygen atoms in total. The zero-order chi connectivity index (χ0) is 28.1. The fourth-order valence-electron chi connectivity index (χ4n) is 4.12. The van der Waals surface area contributed by atoms with Gasteiger partial charge in [0, 0.05) is 38.7 Å². The number of carbonyl (C=O) groups is 3. The number of hydrogen-bond donors (Lipinski definition) is 3. The second-order valence-corrected chi connectivity index (χ2v) is 12.5. The van der Waals surface area contributed by atoms with Crippen molar-refractivity contribution in [3.63, 3.8) is 0 Å². The Kier molecular flexibility index (Phi) is 8.83. The molecule has 3 rings (SSSR count). The summed E-state index contributed by atoms with van der Waals surface area (Å²) in [4.78, 5) is 38.4. The third-order valence-electron chi connectivity index (χ3n) is 6.16. The molecule has 0 saturated carbocycles. The molecule has 4 N–H and O–H groups in total. The number of alkyl carbamates (subject to hydrolysis) is 1. The smallest absolute Gasteiger partial charge is 0.408 e. The predicted molar refractivity (Wildman–Crippen MR) is 142 cm³/mol. The Labute approximate surface area is 223 Å². The van der Waals surface area contributed by atoms with Crippen molar-refractivity contribution in [2.75, 3.05) is 19.5 Å². The van der Waals surface area contributed by atoms with Gasteiger partial charge in [0.15, 0.2) is 9.84 Å². The average Bonchev–Trinajstić information content (AvgIpc) is 2.83. The molecule has 38 heavy (non-hydrogen) atoms. The van der Waals surface area contributed by atoms with Gasteiger partial charge in [0.25, 0.3) is 0 Å². The number of primary amides is 1. The molecule has 1 unspecified atom stereocenters. The van der Waals surface area contributed by atoms with Gasteiger partial charge in [-0.05, 0) is 49.6 Å². The van der Waals surface area contributed by atoms with Gasteiger partial charge < -0.3 is 25.8 Å². The summed E-state index contributed by atoms with van der Waals surface area (Å²) in [6.45, 7) is 5.68. The second kappa shape index (κ2) is 11.5. The van der Waals surface area contributed by atoms with Gasteiger partial charge in [-0.3, -0.25) is 9.59 Å². The molecule has 0 radical (unpaired) electrons. The maximum Gasteiger partial charge on any atom is 0.408 e. The van der Waals surface area contributed by atoms with E-state index in [1.165, 1.54) is 6.07 Å². The van der Waals surface area contributed by atoms with Crippen molar-refractivity contribution >= 4 is 27.7 Å². The summed E-state index contributed by atoms with van der Waals surface area (Å²) in [6, 6.07) is 12.8. The zero-order valence-electron chi connectivity index (χ0n) is 22.1. The summed E-state index contributed by atoms with van der Waals surface area (Å²) in [5, 5.41) is 5.40. The normalized spacial score (nSPS) is 16.2. The minimum atomic E-state index is -3.34. The minimum absolute atomic E-state index is 0.129. The van der Waals surface area contributed by atoms with E-state index >= 15 is 0 Å². The van der Waals surface area contributed by atoms with Gasteiger partial charge in [0.05, 0.1) is 4.90 Å². The van der Waals surface area contributed by atoms with Gasteiger partial charge in [-0.15, -0.1) is 0 Å². The highest BCUT2D eigenvalue weighted by Gasteiger charge is 2.43. The maximum absolute atomic E-state index is 13.4. The van der Waals surface area contributed by atoms with Crippen LogP contribution in [0.3, 0.4) is 0 Å². The van der Waals surface area contributed by atoms with Crippen molar-refractivity contribution in [2.24, 2.45) is 5.73 Å².